The molecule has 0 atom stereocenters. The summed E-state index contributed by atoms with van der Waals surface area (Å²) in [4.78, 5) is 16.0. The van der Waals surface area contributed by atoms with Crippen LogP contribution in [0, 0.1) is 5.82 Å². The first-order valence-electron chi connectivity index (χ1n) is 6.96. The van der Waals surface area contributed by atoms with Gasteiger partial charge in [-0.05, 0) is 18.2 Å². The number of fused-ring (bicyclic) bond motifs is 1. The summed E-state index contributed by atoms with van der Waals surface area (Å²) in [5.41, 5.74) is 1.38. The molecule has 0 amide bonds. The van der Waals surface area contributed by atoms with Gasteiger partial charge >= 0.3 is 5.97 Å². The highest BCUT2D eigenvalue weighted by molar-refractivity contribution is 7.99. The highest BCUT2D eigenvalue weighted by atomic mass is 32.2. The summed E-state index contributed by atoms with van der Waals surface area (Å²) in [6, 6.07) is 7.23. The second kappa shape index (κ2) is 6.78. The Labute approximate surface area is 136 Å². The van der Waals surface area contributed by atoms with E-state index in [4.69, 9.17) is 0 Å². The first-order chi connectivity index (χ1) is 11.2. The Morgan fingerprint density at radius 3 is 3.00 bits per heavy atom. The molecule has 118 valence electrons. The summed E-state index contributed by atoms with van der Waals surface area (Å²) in [5.74, 6) is 0.0336. The number of carbonyl (C=O) groups is 1. The first-order valence-corrected chi connectivity index (χ1v) is 7.94. The van der Waals surface area contributed by atoms with Gasteiger partial charge in [0.05, 0.1) is 37.1 Å². The summed E-state index contributed by atoms with van der Waals surface area (Å²) in [6.45, 7) is 0. The van der Waals surface area contributed by atoms with Crippen molar-refractivity contribution in [2.75, 3.05) is 12.9 Å². The maximum atomic E-state index is 13.3. The summed E-state index contributed by atoms with van der Waals surface area (Å²) in [7, 11) is 1.38. The number of hydrogen-bond donors (Lipinski definition) is 0. The minimum atomic E-state index is -0.402. The van der Waals surface area contributed by atoms with Crippen LogP contribution in [-0.4, -0.2) is 33.6 Å². The zero-order valence-electron chi connectivity index (χ0n) is 12.4. The van der Waals surface area contributed by atoms with Crippen molar-refractivity contribution in [1.82, 2.24) is 14.8 Å². The van der Waals surface area contributed by atoms with E-state index >= 15 is 0 Å². The molecule has 0 aliphatic heterocycles. The molecule has 3 aromatic rings. The van der Waals surface area contributed by atoms with Crippen molar-refractivity contribution in [3.8, 4) is 5.69 Å². The van der Waals surface area contributed by atoms with E-state index in [1.54, 1.807) is 22.6 Å². The molecule has 2 heterocycles. The topological polar surface area (TPSA) is 57.0 Å². The standard InChI is InChI=1S/C16H14FN3O2S/c1-22-16(21)4-5-23-14-2-3-15-11(6-14)10-20(19-15)13-7-12(17)8-18-9-13/h2-3,6-10H,4-5H2,1H3. The van der Waals surface area contributed by atoms with Crippen LogP contribution >= 0.6 is 11.8 Å². The highest BCUT2D eigenvalue weighted by Gasteiger charge is 2.06. The zero-order chi connectivity index (χ0) is 16.2. The lowest BCUT2D eigenvalue weighted by atomic mass is 10.3. The van der Waals surface area contributed by atoms with Crippen LogP contribution in [0.1, 0.15) is 6.42 Å². The van der Waals surface area contributed by atoms with Crippen LogP contribution < -0.4 is 0 Å². The number of benzene rings is 1. The number of halogens is 1. The van der Waals surface area contributed by atoms with Gasteiger partial charge in [-0.15, -0.1) is 11.8 Å². The van der Waals surface area contributed by atoms with Crippen LogP contribution in [0.4, 0.5) is 4.39 Å². The number of hydrogen-bond acceptors (Lipinski definition) is 5. The van der Waals surface area contributed by atoms with Gasteiger partial charge in [-0.1, -0.05) is 0 Å². The second-order valence-electron chi connectivity index (χ2n) is 4.83. The Balaban J connectivity index is 1.79. The smallest absolute Gasteiger partial charge is 0.306 e. The zero-order valence-corrected chi connectivity index (χ0v) is 13.2. The highest BCUT2D eigenvalue weighted by Crippen LogP contribution is 2.24. The van der Waals surface area contributed by atoms with E-state index in [-0.39, 0.29) is 5.97 Å². The van der Waals surface area contributed by atoms with Gasteiger partial charge in [0.2, 0.25) is 0 Å². The minimum Gasteiger partial charge on any atom is -0.469 e. The van der Waals surface area contributed by atoms with E-state index < -0.39 is 5.82 Å². The van der Waals surface area contributed by atoms with Crippen LogP contribution in [0.15, 0.2) is 47.8 Å². The Kier molecular flexibility index (Phi) is 4.57. The number of carbonyl (C=O) groups excluding carboxylic acids is 1. The molecule has 0 saturated heterocycles. The third kappa shape index (κ3) is 3.68. The predicted molar refractivity (Wildman–Crippen MR) is 86.2 cm³/mol. The molecule has 0 aliphatic rings. The molecule has 2 aromatic heterocycles. The van der Waals surface area contributed by atoms with E-state index in [2.05, 4.69) is 14.8 Å². The molecule has 0 N–H and O–H groups in total. The minimum absolute atomic E-state index is 0.218. The van der Waals surface area contributed by atoms with E-state index in [9.17, 15) is 9.18 Å². The third-order valence-electron chi connectivity index (χ3n) is 3.23. The lowest BCUT2D eigenvalue weighted by Crippen LogP contribution is -2.00. The van der Waals surface area contributed by atoms with Gasteiger partial charge in [-0.3, -0.25) is 9.78 Å². The number of rotatable bonds is 5. The van der Waals surface area contributed by atoms with Crippen LogP contribution in [0.5, 0.6) is 0 Å². The average Bonchev–Trinajstić information content (AvgIpc) is 2.98. The van der Waals surface area contributed by atoms with Crippen LogP contribution in [-0.2, 0) is 9.53 Å². The summed E-state index contributed by atoms with van der Waals surface area (Å²) >= 11 is 1.58. The van der Waals surface area contributed by atoms with E-state index in [1.165, 1.54) is 13.2 Å². The largest absolute Gasteiger partial charge is 0.469 e. The van der Waals surface area contributed by atoms with Gasteiger partial charge in [0.25, 0.3) is 0 Å². The van der Waals surface area contributed by atoms with Crippen molar-refractivity contribution in [3.05, 3.63) is 48.7 Å². The van der Waals surface area contributed by atoms with Crippen molar-refractivity contribution < 1.29 is 13.9 Å². The Morgan fingerprint density at radius 1 is 1.35 bits per heavy atom. The maximum Gasteiger partial charge on any atom is 0.306 e. The SMILES string of the molecule is COC(=O)CCSc1ccc2nn(-c3cncc(F)c3)cc2c1. The number of pyridine rings is 1. The number of thioether (sulfide) groups is 1. The number of methoxy groups -OCH3 is 1. The molecule has 0 radical (unpaired) electrons. The molecular formula is C16H14FN3O2S. The van der Waals surface area contributed by atoms with Gasteiger partial charge in [-0.2, -0.15) is 5.10 Å². The van der Waals surface area contributed by atoms with Crippen molar-refractivity contribution in [2.45, 2.75) is 11.3 Å². The van der Waals surface area contributed by atoms with Crippen molar-refractivity contribution in [2.24, 2.45) is 0 Å². The average molecular weight is 331 g/mol. The van der Waals surface area contributed by atoms with E-state index in [0.717, 1.165) is 22.0 Å². The van der Waals surface area contributed by atoms with Gasteiger partial charge in [0.15, 0.2) is 0 Å². The number of aromatic nitrogens is 3. The third-order valence-corrected chi connectivity index (χ3v) is 4.23. The van der Waals surface area contributed by atoms with Crippen LogP contribution in [0.3, 0.4) is 0 Å². The van der Waals surface area contributed by atoms with Gasteiger partial charge in [-0.25, -0.2) is 9.07 Å². The summed E-state index contributed by atoms with van der Waals surface area (Å²) < 4.78 is 19.5. The molecule has 1 aromatic carbocycles. The summed E-state index contributed by atoms with van der Waals surface area (Å²) in [5, 5.41) is 5.36. The fraction of sp³-hybridized carbons (Fsp3) is 0.188. The van der Waals surface area contributed by atoms with Crippen LogP contribution in [0.2, 0.25) is 0 Å². The van der Waals surface area contributed by atoms with E-state index in [0.29, 0.717) is 17.9 Å². The molecule has 0 bridgehead atoms. The van der Waals surface area contributed by atoms with Gasteiger partial charge in [0.1, 0.15) is 5.82 Å². The van der Waals surface area contributed by atoms with Crippen molar-refractivity contribution >= 4 is 28.6 Å². The van der Waals surface area contributed by atoms with Gasteiger partial charge < -0.3 is 4.74 Å². The Morgan fingerprint density at radius 2 is 2.22 bits per heavy atom. The second-order valence-corrected chi connectivity index (χ2v) is 6.00. The molecular weight excluding hydrogens is 317 g/mol. The normalized spacial score (nSPS) is 10.9. The molecule has 5 nitrogen and oxygen atoms in total. The molecule has 3 rings (SSSR count). The number of ether oxygens (including phenoxy) is 1. The van der Waals surface area contributed by atoms with Crippen molar-refractivity contribution in [3.63, 3.8) is 0 Å². The molecule has 0 spiro atoms. The molecule has 0 unspecified atom stereocenters. The molecule has 7 heteroatoms. The Hall–Kier alpha value is -2.41. The number of esters is 1. The molecule has 0 aliphatic carbocycles. The lowest BCUT2D eigenvalue weighted by molar-refractivity contribution is -0.140. The lowest BCUT2D eigenvalue weighted by Gasteiger charge is -2.00. The first kappa shape index (κ1) is 15.5. The quantitative estimate of drug-likeness (QED) is 0.531. The Bertz CT molecular complexity index is 850. The van der Waals surface area contributed by atoms with Crippen molar-refractivity contribution in [1.29, 1.82) is 0 Å². The van der Waals surface area contributed by atoms with Crippen LogP contribution in [0.25, 0.3) is 16.6 Å². The molecule has 0 fully saturated rings. The van der Waals surface area contributed by atoms with E-state index in [1.807, 2.05) is 24.4 Å². The maximum absolute atomic E-state index is 13.3. The predicted octanol–water partition coefficient (Wildman–Crippen LogP) is 3.21. The molecule has 23 heavy (non-hydrogen) atoms. The summed E-state index contributed by atoms with van der Waals surface area (Å²) in [6.07, 6.45) is 4.91. The number of nitrogens with zero attached hydrogens (tertiary/aromatic N) is 3. The monoisotopic (exact) mass is 331 g/mol. The van der Waals surface area contributed by atoms with Gasteiger partial charge in [0, 0.05) is 28.3 Å². The molecule has 0 saturated carbocycles. The fourth-order valence-electron chi connectivity index (χ4n) is 2.11. The fourth-order valence-corrected chi connectivity index (χ4v) is 2.99.